The van der Waals surface area contributed by atoms with Crippen molar-refractivity contribution in [2.75, 3.05) is 0 Å². The third kappa shape index (κ3) is 3.33. The smallest absolute Gasteiger partial charge is 0.227 e. The lowest BCUT2D eigenvalue weighted by molar-refractivity contribution is -0.681. The van der Waals surface area contributed by atoms with Gasteiger partial charge in [-0.05, 0) is 5.56 Å². The summed E-state index contributed by atoms with van der Waals surface area (Å²) < 4.78 is 4.01. The number of carbonyl (C=O) groups is 1. The summed E-state index contributed by atoms with van der Waals surface area (Å²) in [5.41, 5.74) is 3.91. The first-order valence-corrected chi connectivity index (χ1v) is 8.26. The van der Waals surface area contributed by atoms with Crippen molar-refractivity contribution in [2.45, 2.75) is 13.1 Å². The Morgan fingerprint density at radius 2 is 1.68 bits per heavy atom. The van der Waals surface area contributed by atoms with Gasteiger partial charge in [0, 0.05) is 18.2 Å². The molecule has 25 heavy (non-hydrogen) atoms. The van der Waals surface area contributed by atoms with E-state index in [4.69, 9.17) is 0 Å². The summed E-state index contributed by atoms with van der Waals surface area (Å²) in [5.74, 6) is 0.0914. The zero-order valence-corrected chi connectivity index (χ0v) is 13.7. The first-order valence-electron chi connectivity index (χ1n) is 8.26. The number of benzene rings is 2. The highest BCUT2D eigenvalue weighted by Gasteiger charge is 2.14. The van der Waals surface area contributed by atoms with E-state index in [1.165, 1.54) is 5.56 Å². The second-order valence-electron chi connectivity index (χ2n) is 6.03. The second kappa shape index (κ2) is 6.69. The first-order chi connectivity index (χ1) is 12.3. The van der Waals surface area contributed by atoms with Gasteiger partial charge in [-0.1, -0.05) is 60.7 Å². The van der Waals surface area contributed by atoms with Crippen LogP contribution in [0.1, 0.15) is 15.9 Å². The van der Waals surface area contributed by atoms with Crippen LogP contribution in [0.2, 0.25) is 0 Å². The lowest BCUT2D eigenvalue weighted by Gasteiger charge is -2.04. The van der Waals surface area contributed by atoms with Crippen molar-refractivity contribution in [3.63, 3.8) is 0 Å². The predicted molar refractivity (Wildman–Crippen MR) is 96.2 cm³/mol. The van der Waals surface area contributed by atoms with Gasteiger partial charge >= 0.3 is 0 Å². The van der Waals surface area contributed by atoms with E-state index in [9.17, 15) is 4.79 Å². The van der Waals surface area contributed by atoms with E-state index in [2.05, 4.69) is 21.7 Å². The first kappa shape index (κ1) is 15.3. The molecule has 0 spiro atoms. The van der Waals surface area contributed by atoms with Crippen molar-refractivity contribution in [3.05, 3.63) is 96.6 Å². The minimum Gasteiger partial charge on any atom is -0.326 e. The molecule has 0 radical (unpaired) electrons. The van der Waals surface area contributed by atoms with Crippen molar-refractivity contribution in [3.8, 4) is 0 Å². The van der Waals surface area contributed by atoms with Crippen LogP contribution in [0.5, 0.6) is 0 Å². The maximum absolute atomic E-state index is 12.4. The van der Waals surface area contributed by atoms with E-state index < -0.39 is 0 Å². The molecule has 0 saturated heterocycles. The number of hydrogen-bond donors (Lipinski definition) is 0. The molecule has 4 rings (SSSR count). The Morgan fingerprint density at radius 3 is 2.44 bits per heavy atom. The van der Waals surface area contributed by atoms with Crippen LogP contribution in [0.3, 0.4) is 0 Å². The van der Waals surface area contributed by atoms with Crippen LogP contribution in [-0.2, 0) is 13.1 Å². The highest BCUT2D eigenvalue weighted by atomic mass is 16.1. The van der Waals surface area contributed by atoms with Gasteiger partial charge in [0.05, 0.1) is 11.8 Å². The lowest BCUT2D eigenvalue weighted by Crippen LogP contribution is -2.37. The topological polar surface area (TPSA) is 38.8 Å². The average Bonchev–Trinajstić information content (AvgIpc) is 3.05. The minimum absolute atomic E-state index is 0.0914. The van der Waals surface area contributed by atoms with Crippen LogP contribution in [0.4, 0.5) is 0 Å². The van der Waals surface area contributed by atoms with E-state index in [0.717, 1.165) is 23.1 Å². The Balaban J connectivity index is 1.56. The van der Waals surface area contributed by atoms with Gasteiger partial charge in [0.15, 0.2) is 17.9 Å². The quantitative estimate of drug-likeness (QED) is 0.417. The Bertz CT molecular complexity index is 1010. The molecule has 0 unspecified atom stereocenters. The Kier molecular flexibility index (Phi) is 4.09. The molecule has 0 aliphatic rings. The third-order valence-corrected chi connectivity index (χ3v) is 4.24. The second-order valence-corrected chi connectivity index (χ2v) is 6.03. The molecule has 0 fully saturated rings. The van der Waals surface area contributed by atoms with Gasteiger partial charge < -0.3 is 4.57 Å². The maximum atomic E-state index is 12.4. The average molecular weight is 328 g/mol. The van der Waals surface area contributed by atoms with Crippen molar-refractivity contribution >= 4 is 16.8 Å². The number of nitrogens with zero attached hydrogens (tertiary/aromatic N) is 3. The van der Waals surface area contributed by atoms with Crippen molar-refractivity contribution in [1.29, 1.82) is 0 Å². The molecule has 4 aromatic rings. The Labute approximate surface area is 146 Å². The summed E-state index contributed by atoms with van der Waals surface area (Å²) in [6.07, 6.45) is 5.71. The Hall–Kier alpha value is -3.27. The summed E-state index contributed by atoms with van der Waals surface area (Å²) in [7, 11) is 0. The van der Waals surface area contributed by atoms with E-state index in [-0.39, 0.29) is 5.78 Å². The molecule has 0 aliphatic carbocycles. The molecule has 4 nitrogen and oxygen atoms in total. The van der Waals surface area contributed by atoms with E-state index in [1.807, 2.05) is 77.9 Å². The van der Waals surface area contributed by atoms with Crippen molar-refractivity contribution in [1.82, 2.24) is 9.55 Å². The fraction of sp³-hybridized carbons (Fsp3) is 0.0952. The number of hydrogen-bond acceptors (Lipinski definition) is 2. The third-order valence-electron chi connectivity index (χ3n) is 4.24. The summed E-state index contributed by atoms with van der Waals surface area (Å²) in [6, 6.07) is 21.7. The predicted octanol–water partition coefficient (Wildman–Crippen LogP) is 3.26. The van der Waals surface area contributed by atoms with Crippen LogP contribution in [0, 0.1) is 0 Å². The van der Waals surface area contributed by atoms with Crippen LogP contribution in [0.15, 0.2) is 85.5 Å². The zero-order chi connectivity index (χ0) is 17.1. The molecule has 0 amide bonds. The molecule has 122 valence electrons. The highest BCUT2D eigenvalue weighted by Crippen LogP contribution is 2.12. The largest absolute Gasteiger partial charge is 0.326 e. The zero-order valence-electron chi connectivity index (χ0n) is 13.7. The molecule has 2 aromatic heterocycles. The number of rotatable bonds is 5. The number of carbonyl (C=O) groups excluding carboxylic acids is 1. The fourth-order valence-corrected chi connectivity index (χ4v) is 2.94. The molecular formula is C21H18N3O+. The van der Waals surface area contributed by atoms with Crippen LogP contribution in [-0.4, -0.2) is 15.3 Å². The molecule has 0 saturated carbocycles. The van der Waals surface area contributed by atoms with Gasteiger partial charge in [0.25, 0.3) is 0 Å². The molecule has 0 N–H and O–H groups in total. The standard InChI is InChI=1S/C21H18N3O/c25-21(18-9-5-2-6-10-18)15-23-12-11-20-19(14-23)22-16-24(20)13-17-7-3-1-4-8-17/h1-12,14,16H,13,15H2/q+1. The molecule has 2 heterocycles. The Morgan fingerprint density at radius 1 is 0.960 bits per heavy atom. The van der Waals surface area contributed by atoms with Gasteiger partial charge in [-0.3, -0.25) is 4.79 Å². The van der Waals surface area contributed by atoms with Crippen LogP contribution < -0.4 is 4.57 Å². The summed E-state index contributed by atoms with van der Waals surface area (Å²) >= 11 is 0. The van der Waals surface area contributed by atoms with Gasteiger partial charge in [0.1, 0.15) is 0 Å². The van der Waals surface area contributed by atoms with Crippen LogP contribution in [0.25, 0.3) is 11.0 Å². The van der Waals surface area contributed by atoms with Gasteiger partial charge in [-0.2, -0.15) is 4.57 Å². The lowest BCUT2D eigenvalue weighted by atomic mass is 10.1. The van der Waals surface area contributed by atoms with Gasteiger partial charge in [-0.15, -0.1) is 0 Å². The fourth-order valence-electron chi connectivity index (χ4n) is 2.94. The molecule has 0 aliphatic heterocycles. The number of aromatic nitrogens is 3. The number of imidazole rings is 1. The van der Waals surface area contributed by atoms with Gasteiger partial charge in [-0.25, -0.2) is 4.98 Å². The van der Waals surface area contributed by atoms with Crippen molar-refractivity contribution in [2.24, 2.45) is 0 Å². The van der Waals surface area contributed by atoms with Gasteiger partial charge in [0.2, 0.25) is 12.3 Å². The molecule has 2 aromatic carbocycles. The maximum Gasteiger partial charge on any atom is 0.227 e. The SMILES string of the molecule is O=C(C[n+]1ccc2c(c1)ncn2Cc1ccccc1)c1ccccc1. The summed E-state index contributed by atoms with van der Waals surface area (Å²) in [6.45, 7) is 1.09. The molecule has 0 bridgehead atoms. The van der Waals surface area contributed by atoms with Crippen LogP contribution >= 0.6 is 0 Å². The monoisotopic (exact) mass is 328 g/mol. The molecule has 0 atom stereocenters. The number of pyridine rings is 1. The number of Topliss-reactive ketones (excluding diaryl/α,β-unsaturated/α-hetero) is 1. The highest BCUT2D eigenvalue weighted by molar-refractivity contribution is 5.95. The number of fused-ring (bicyclic) bond motifs is 1. The minimum atomic E-state index is 0.0914. The molecular weight excluding hydrogens is 310 g/mol. The van der Waals surface area contributed by atoms with E-state index in [1.54, 1.807) is 0 Å². The molecule has 4 heteroatoms. The normalized spacial score (nSPS) is 10.9. The van der Waals surface area contributed by atoms with Crippen molar-refractivity contribution < 1.29 is 9.36 Å². The number of ketones is 1. The summed E-state index contributed by atoms with van der Waals surface area (Å²) in [5, 5.41) is 0. The van der Waals surface area contributed by atoms with E-state index in [0.29, 0.717) is 6.54 Å². The van der Waals surface area contributed by atoms with E-state index >= 15 is 0 Å². The summed E-state index contributed by atoms with van der Waals surface area (Å²) in [4.78, 5) is 16.8.